The number of benzene rings is 1. The van der Waals surface area contributed by atoms with E-state index in [0.29, 0.717) is 10.7 Å². The molecule has 0 bridgehead atoms. The number of aryl methyl sites for hydroxylation is 1. The number of halogens is 1. The molecule has 1 aliphatic heterocycles. The molecule has 6 heteroatoms. The fraction of sp³-hybridized carbons (Fsp3) is 0.333. The minimum Gasteiger partial charge on any atom is -0.506 e. The fourth-order valence-electron chi connectivity index (χ4n) is 2.92. The number of hydrogen-bond acceptors (Lipinski definition) is 4. The second-order valence-corrected chi connectivity index (χ2v) is 6.49. The number of amides is 1. The van der Waals surface area contributed by atoms with Gasteiger partial charge in [-0.2, -0.15) is 0 Å². The molecule has 24 heavy (non-hydrogen) atoms. The van der Waals surface area contributed by atoms with Crippen molar-refractivity contribution >= 4 is 29.0 Å². The Morgan fingerprint density at radius 1 is 1.29 bits per heavy atom. The number of phenolic OH excluding ortho intramolecular Hbond substituents is 1. The van der Waals surface area contributed by atoms with Gasteiger partial charge in [0.25, 0.3) is 0 Å². The quantitative estimate of drug-likeness (QED) is 0.834. The molecule has 5 nitrogen and oxygen atoms in total. The van der Waals surface area contributed by atoms with E-state index in [1.807, 2.05) is 25.1 Å². The Morgan fingerprint density at radius 2 is 2.04 bits per heavy atom. The zero-order valence-corrected chi connectivity index (χ0v) is 14.3. The third-order valence-corrected chi connectivity index (χ3v) is 4.51. The third kappa shape index (κ3) is 3.79. The lowest BCUT2D eigenvalue weighted by molar-refractivity contribution is -0.120. The maximum atomic E-state index is 12.4. The van der Waals surface area contributed by atoms with Crippen LogP contribution in [0.3, 0.4) is 0 Å². The van der Waals surface area contributed by atoms with E-state index >= 15 is 0 Å². The van der Waals surface area contributed by atoms with E-state index in [1.54, 1.807) is 12.1 Å². The first-order chi connectivity index (χ1) is 11.5. The van der Waals surface area contributed by atoms with Crippen LogP contribution in [0.4, 0.5) is 11.5 Å². The lowest BCUT2D eigenvalue weighted by Crippen LogP contribution is -2.38. The highest BCUT2D eigenvalue weighted by Gasteiger charge is 2.26. The summed E-state index contributed by atoms with van der Waals surface area (Å²) < 4.78 is 0. The van der Waals surface area contributed by atoms with E-state index in [-0.39, 0.29) is 17.6 Å². The normalized spacial score (nSPS) is 15.3. The molecular formula is C18H20ClN3O2. The SMILES string of the molecule is Cc1cccc(N2CCC(C(=O)Nc3cc(Cl)ccc3O)CC2)n1. The number of nitrogens with zero attached hydrogens (tertiary/aromatic N) is 2. The van der Waals surface area contributed by atoms with Crippen LogP contribution in [0.2, 0.25) is 5.02 Å². The van der Waals surface area contributed by atoms with Gasteiger partial charge in [0.1, 0.15) is 11.6 Å². The summed E-state index contributed by atoms with van der Waals surface area (Å²) in [5.41, 5.74) is 1.35. The van der Waals surface area contributed by atoms with Crippen LogP contribution < -0.4 is 10.2 Å². The van der Waals surface area contributed by atoms with Gasteiger partial charge in [0.05, 0.1) is 5.69 Å². The lowest BCUT2D eigenvalue weighted by atomic mass is 9.95. The first kappa shape index (κ1) is 16.6. The van der Waals surface area contributed by atoms with Gasteiger partial charge < -0.3 is 15.3 Å². The first-order valence-corrected chi connectivity index (χ1v) is 8.39. The van der Waals surface area contributed by atoms with Gasteiger partial charge >= 0.3 is 0 Å². The first-order valence-electron chi connectivity index (χ1n) is 8.01. The summed E-state index contributed by atoms with van der Waals surface area (Å²) in [6.45, 7) is 3.55. The van der Waals surface area contributed by atoms with E-state index in [2.05, 4.69) is 15.2 Å². The van der Waals surface area contributed by atoms with Crippen LogP contribution in [0.1, 0.15) is 18.5 Å². The number of pyridine rings is 1. The van der Waals surface area contributed by atoms with Crippen LogP contribution in [0.5, 0.6) is 5.75 Å². The highest BCUT2D eigenvalue weighted by molar-refractivity contribution is 6.31. The van der Waals surface area contributed by atoms with Gasteiger partial charge in [0.15, 0.2) is 0 Å². The molecule has 3 rings (SSSR count). The monoisotopic (exact) mass is 345 g/mol. The summed E-state index contributed by atoms with van der Waals surface area (Å²) in [6, 6.07) is 10.6. The molecule has 0 spiro atoms. The van der Waals surface area contributed by atoms with Crippen molar-refractivity contribution in [1.82, 2.24) is 4.98 Å². The number of nitrogens with one attached hydrogen (secondary N) is 1. The van der Waals surface area contributed by atoms with Gasteiger partial charge in [-0.05, 0) is 50.1 Å². The molecule has 126 valence electrons. The Kier molecular flexibility index (Phi) is 4.90. The Labute approximate surface area is 146 Å². The van der Waals surface area contributed by atoms with Crippen molar-refractivity contribution in [3.63, 3.8) is 0 Å². The average Bonchev–Trinajstić information content (AvgIpc) is 2.58. The lowest BCUT2D eigenvalue weighted by Gasteiger charge is -2.32. The molecule has 0 aliphatic carbocycles. The zero-order valence-electron chi connectivity index (χ0n) is 13.5. The number of aromatic nitrogens is 1. The maximum absolute atomic E-state index is 12.4. The van der Waals surface area contributed by atoms with Crippen molar-refractivity contribution in [1.29, 1.82) is 0 Å². The van der Waals surface area contributed by atoms with Crippen molar-refractivity contribution in [2.45, 2.75) is 19.8 Å². The maximum Gasteiger partial charge on any atom is 0.227 e. The number of carbonyl (C=O) groups excluding carboxylic acids is 1. The number of piperidine rings is 1. The molecule has 1 aliphatic rings. The number of phenols is 1. The van der Waals surface area contributed by atoms with Crippen molar-refractivity contribution in [3.05, 3.63) is 47.1 Å². The predicted octanol–water partition coefficient (Wildman–Crippen LogP) is 3.60. The predicted molar refractivity (Wildman–Crippen MR) is 95.7 cm³/mol. The highest BCUT2D eigenvalue weighted by atomic mass is 35.5. The fourth-order valence-corrected chi connectivity index (χ4v) is 3.09. The number of hydrogen-bond donors (Lipinski definition) is 2. The third-order valence-electron chi connectivity index (χ3n) is 4.28. The van der Waals surface area contributed by atoms with Gasteiger partial charge in [-0.15, -0.1) is 0 Å². The molecule has 0 atom stereocenters. The molecule has 1 aromatic carbocycles. The van der Waals surface area contributed by atoms with Gasteiger partial charge in [0, 0.05) is 29.7 Å². The van der Waals surface area contributed by atoms with Crippen LogP contribution in [0, 0.1) is 12.8 Å². The summed E-state index contributed by atoms with van der Waals surface area (Å²) in [6.07, 6.45) is 1.51. The average molecular weight is 346 g/mol. The number of rotatable bonds is 3. The standard InChI is InChI=1S/C18H20ClN3O2/c1-12-3-2-4-17(20-12)22-9-7-13(8-10-22)18(24)21-15-11-14(19)5-6-16(15)23/h2-6,11,13,23H,7-10H2,1H3,(H,21,24). The molecule has 0 saturated carbocycles. The second-order valence-electron chi connectivity index (χ2n) is 6.05. The minimum atomic E-state index is -0.0792. The highest BCUT2D eigenvalue weighted by Crippen LogP contribution is 2.28. The second kappa shape index (κ2) is 7.09. The van der Waals surface area contributed by atoms with Gasteiger partial charge in [-0.25, -0.2) is 4.98 Å². The largest absolute Gasteiger partial charge is 0.506 e. The van der Waals surface area contributed by atoms with Gasteiger partial charge in [0.2, 0.25) is 5.91 Å². The minimum absolute atomic E-state index is 0.0224. The van der Waals surface area contributed by atoms with Crippen molar-refractivity contribution in [2.75, 3.05) is 23.3 Å². The molecule has 1 amide bonds. The molecule has 2 N–H and O–H groups in total. The van der Waals surface area contributed by atoms with Crippen LogP contribution in [0.25, 0.3) is 0 Å². The number of anilines is 2. The van der Waals surface area contributed by atoms with Crippen molar-refractivity contribution in [3.8, 4) is 5.75 Å². The summed E-state index contributed by atoms with van der Waals surface area (Å²) >= 11 is 5.91. The molecular weight excluding hydrogens is 326 g/mol. The smallest absolute Gasteiger partial charge is 0.227 e. The summed E-state index contributed by atoms with van der Waals surface area (Å²) in [5, 5.41) is 13.1. The van der Waals surface area contributed by atoms with E-state index in [1.165, 1.54) is 6.07 Å². The van der Waals surface area contributed by atoms with Crippen molar-refractivity contribution < 1.29 is 9.90 Å². The summed E-state index contributed by atoms with van der Waals surface area (Å²) in [4.78, 5) is 19.2. The zero-order chi connectivity index (χ0) is 17.1. The van der Waals surface area contributed by atoms with Gasteiger partial charge in [-0.1, -0.05) is 17.7 Å². The Morgan fingerprint density at radius 3 is 2.75 bits per heavy atom. The molecule has 1 saturated heterocycles. The summed E-state index contributed by atoms with van der Waals surface area (Å²) in [5.74, 6) is 0.823. The number of carbonyl (C=O) groups is 1. The van der Waals surface area contributed by atoms with E-state index in [0.717, 1.165) is 37.4 Å². The van der Waals surface area contributed by atoms with Crippen LogP contribution in [-0.2, 0) is 4.79 Å². The Balaban J connectivity index is 1.60. The molecule has 1 aromatic heterocycles. The Hall–Kier alpha value is -2.27. The molecule has 0 radical (unpaired) electrons. The van der Waals surface area contributed by atoms with Crippen LogP contribution in [0.15, 0.2) is 36.4 Å². The van der Waals surface area contributed by atoms with E-state index in [4.69, 9.17) is 11.6 Å². The van der Waals surface area contributed by atoms with Crippen molar-refractivity contribution in [2.24, 2.45) is 5.92 Å². The number of aromatic hydroxyl groups is 1. The molecule has 2 heterocycles. The van der Waals surface area contributed by atoms with Gasteiger partial charge in [-0.3, -0.25) is 4.79 Å². The molecule has 0 unspecified atom stereocenters. The van der Waals surface area contributed by atoms with Crippen LogP contribution >= 0.6 is 11.6 Å². The molecule has 2 aromatic rings. The van der Waals surface area contributed by atoms with Crippen LogP contribution in [-0.4, -0.2) is 29.1 Å². The van der Waals surface area contributed by atoms with E-state index in [9.17, 15) is 9.90 Å². The molecule has 1 fully saturated rings. The Bertz CT molecular complexity index is 743. The topological polar surface area (TPSA) is 65.5 Å². The summed E-state index contributed by atoms with van der Waals surface area (Å²) in [7, 11) is 0. The van der Waals surface area contributed by atoms with E-state index < -0.39 is 0 Å².